The molecular formula is C12H28N2. The molecule has 0 aliphatic heterocycles. The van der Waals surface area contributed by atoms with Gasteiger partial charge in [0.1, 0.15) is 0 Å². The van der Waals surface area contributed by atoms with Crippen LogP contribution >= 0.6 is 0 Å². The van der Waals surface area contributed by atoms with E-state index in [1.165, 1.54) is 12.8 Å². The van der Waals surface area contributed by atoms with Crippen molar-refractivity contribution in [2.75, 3.05) is 19.8 Å². The second-order valence-electron chi connectivity index (χ2n) is 5.67. The van der Waals surface area contributed by atoms with Gasteiger partial charge in [0.2, 0.25) is 0 Å². The lowest BCUT2D eigenvalue weighted by atomic mass is 9.92. The second kappa shape index (κ2) is 7.24. The summed E-state index contributed by atoms with van der Waals surface area (Å²) in [6.45, 7) is 14.5. The van der Waals surface area contributed by atoms with Gasteiger partial charge >= 0.3 is 0 Å². The Morgan fingerprint density at radius 3 is 2.07 bits per heavy atom. The lowest BCUT2D eigenvalue weighted by molar-refractivity contribution is 0.363. The van der Waals surface area contributed by atoms with E-state index in [4.69, 9.17) is 0 Å². The van der Waals surface area contributed by atoms with Crippen molar-refractivity contribution in [1.82, 2.24) is 10.6 Å². The van der Waals surface area contributed by atoms with E-state index in [0.29, 0.717) is 5.41 Å². The molecule has 0 fully saturated rings. The van der Waals surface area contributed by atoms with Crippen molar-refractivity contribution in [2.45, 2.75) is 47.5 Å². The molecule has 86 valence electrons. The Balaban J connectivity index is 3.07. The lowest BCUT2D eigenvalue weighted by Gasteiger charge is -2.18. The van der Waals surface area contributed by atoms with E-state index in [1.54, 1.807) is 0 Å². The van der Waals surface area contributed by atoms with Crippen molar-refractivity contribution in [3.63, 3.8) is 0 Å². The van der Waals surface area contributed by atoms with Gasteiger partial charge in [-0.25, -0.2) is 0 Å². The zero-order valence-electron chi connectivity index (χ0n) is 10.6. The Morgan fingerprint density at radius 1 is 1.00 bits per heavy atom. The van der Waals surface area contributed by atoms with Gasteiger partial charge in [-0.05, 0) is 37.3 Å². The summed E-state index contributed by atoms with van der Waals surface area (Å²) < 4.78 is 0. The third-order valence-electron chi connectivity index (χ3n) is 2.20. The first-order chi connectivity index (χ1) is 6.42. The van der Waals surface area contributed by atoms with Gasteiger partial charge < -0.3 is 10.6 Å². The van der Waals surface area contributed by atoms with E-state index in [0.717, 1.165) is 25.7 Å². The Morgan fingerprint density at radius 2 is 1.57 bits per heavy atom. The molecule has 0 atom stereocenters. The van der Waals surface area contributed by atoms with Crippen LogP contribution < -0.4 is 10.6 Å². The predicted octanol–water partition coefficient (Wildman–Crippen LogP) is 2.61. The van der Waals surface area contributed by atoms with Crippen molar-refractivity contribution < 1.29 is 0 Å². The quantitative estimate of drug-likeness (QED) is 0.487. The van der Waals surface area contributed by atoms with Crippen LogP contribution in [0, 0.1) is 11.3 Å². The van der Waals surface area contributed by atoms with Gasteiger partial charge in [0.15, 0.2) is 0 Å². The maximum absolute atomic E-state index is 3.40. The smallest absolute Gasteiger partial charge is 0.0454 e. The fraction of sp³-hybridized carbons (Fsp3) is 1.00. The molecule has 0 aromatic heterocycles. The average molecular weight is 200 g/mol. The van der Waals surface area contributed by atoms with Crippen LogP contribution in [-0.2, 0) is 0 Å². The summed E-state index contributed by atoms with van der Waals surface area (Å²) in [5.74, 6) is 0.803. The largest absolute Gasteiger partial charge is 0.304 e. The molecule has 0 rings (SSSR count). The zero-order chi connectivity index (χ0) is 11.0. The summed E-state index contributed by atoms with van der Waals surface area (Å²) in [6.07, 6.45) is 2.50. The predicted molar refractivity (Wildman–Crippen MR) is 64.4 cm³/mol. The van der Waals surface area contributed by atoms with Crippen LogP contribution in [0.4, 0.5) is 0 Å². The molecule has 0 unspecified atom stereocenters. The molecule has 2 heteroatoms. The van der Waals surface area contributed by atoms with Gasteiger partial charge in [-0.3, -0.25) is 0 Å². The molecule has 2 N–H and O–H groups in total. The van der Waals surface area contributed by atoms with Crippen molar-refractivity contribution >= 4 is 0 Å². The second-order valence-corrected chi connectivity index (χ2v) is 5.67. The lowest BCUT2D eigenvalue weighted by Crippen LogP contribution is -2.32. The first-order valence-corrected chi connectivity index (χ1v) is 5.83. The average Bonchev–Trinajstić information content (AvgIpc) is 2.00. The van der Waals surface area contributed by atoms with Crippen molar-refractivity contribution in [2.24, 2.45) is 11.3 Å². The minimum Gasteiger partial charge on any atom is -0.304 e. The SMILES string of the molecule is CC(C)CCNCNCCC(C)(C)C. The molecule has 0 radical (unpaired) electrons. The molecule has 0 spiro atoms. The molecule has 0 bridgehead atoms. The zero-order valence-corrected chi connectivity index (χ0v) is 10.6. The third kappa shape index (κ3) is 11.9. The number of nitrogens with one attached hydrogen (secondary N) is 2. The van der Waals surface area contributed by atoms with E-state index in [2.05, 4.69) is 45.3 Å². The van der Waals surface area contributed by atoms with Crippen LogP contribution in [0.5, 0.6) is 0 Å². The summed E-state index contributed by atoms with van der Waals surface area (Å²) in [4.78, 5) is 0. The third-order valence-corrected chi connectivity index (χ3v) is 2.20. The first-order valence-electron chi connectivity index (χ1n) is 5.83. The van der Waals surface area contributed by atoms with E-state index in [1.807, 2.05) is 0 Å². The van der Waals surface area contributed by atoms with Gasteiger partial charge in [0.25, 0.3) is 0 Å². The summed E-state index contributed by atoms with van der Waals surface area (Å²) in [5, 5.41) is 6.80. The van der Waals surface area contributed by atoms with E-state index >= 15 is 0 Å². The number of hydrogen-bond acceptors (Lipinski definition) is 2. The minimum atomic E-state index is 0.449. The van der Waals surface area contributed by atoms with Crippen LogP contribution in [0.25, 0.3) is 0 Å². The normalized spacial score (nSPS) is 12.4. The summed E-state index contributed by atoms with van der Waals surface area (Å²) in [6, 6.07) is 0. The van der Waals surface area contributed by atoms with Crippen LogP contribution in [0.1, 0.15) is 47.5 Å². The highest BCUT2D eigenvalue weighted by Crippen LogP contribution is 2.16. The van der Waals surface area contributed by atoms with Crippen molar-refractivity contribution in [3.05, 3.63) is 0 Å². The maximum Gasteiger partial charge on any atom is 0.0454 e. The van der Waals surface area contributed by atoms with Gasteiger partial charge in [-0.2, -0.15) is 0 Å². The van der Waals surface area contributed by atoms with Crippen LogP contribution in [0.3, 0.4) is 0 Å². The summed E-state index contributed by atoms with van der Waals surface area (Å²) in [7, 11) is 0. The van der Waals surface area contributed by atoms with Gasteiger partial charge in [-0.15, -0.1) is 0 Å². The molecule has 0 aliphatic carbocycles. The minimum absolute atomic E-state index is 0.449. The topological polar surface area (TPSA) is 24.1 Å². The highest BCUT2D eigenvalue weighted by molar-refractivity contribution is 4.62. The summed E-state index contributed by atoms with van der Waals surface area (Å²) in [5.41, 5.74) is 0.449. The van der Waals surface area contributed by atoms with Crippen LogP contribution in [0.15, 0.2) is 0 Å². The van der Waals surface area contributed by atoms with Gasteiger partial charge in [-0.1, -0.05) is 34.6 Å². The maximum atomic E-state index is 3.40. The fourth-order valence-electron chi connectivity index (χ4n) is 1.12. The first kappa shape index (κ1) is 13.9. The van der Waals surface area contributed by atoms with Crippen molar-refractivity contribution in [1.29, 1.82) is 0 Å². The Kier molecular flexibility index (Phi) is 7.20. The molecule has 0 aromatic carbocycles. The molecule has 0 aliphatic rings. The number of rotatable bonds is 7. The van der Waals surface area contributed by atoms with Crippen molar-refractivity contribution in [3.8, 4) is 0 Å². The van der Waals surface area contributed by atoms with E-state index in [9.17, 15) is 0 Å². The highest BCUT2D eigenvalue weighted by atomic mass is 15.0. The van der Waals surface area contributed by atoms with Crippen LogP contribution in [0.2, 0.25) is 0 Å². The molecular weight excluding hydrogens is 172 g/mol. The highest BCUT2D eigenvalue weighted by Gasteiger charge is 2.08. The molecule has 0 aromatic rings. The monoisotopic (exact) mass is 200 g/mol. The Labute approximate surface area is 89.9 Å². The molecule has 0 saturated heterocycles. The van der Waals surface area contributed by atoms with E-state index < -0.39 is 0 Å². The molecule has 2 nitrogen and oxygen atoms in total. The Bertz CT molecular complexity index is 125. The Hall–Kier alpha value is -0.0800. The molecule has 0 saturated carbocycles. The van der Waals surface area contributed by atoms with Crippen LogP contribution in [-0.4, -0.2) is 19.8 Å². The molecule has 14 heavy (non-hydrogen) atoms. The standard InChI is InChI=1S/C12H28N2/c1-11(2)6-8-13-10-14-9-7-12(3,4)5/h11,13-14H,6-10H2,1-5H3. The van der Waals surface area contributed by atoms with E-state index in [-0.39, 0.29) is 0 Å². The molecule has 0 heterocycles. The number of hydrogen-bond donors (Lipinski definition) is 2. The van der Waals surface area contributed by atoms with Gasteiger partial charge in [0.05, 0.1) is 0 Å². The molecule has 0 amide bonds. The summed E-state index contributed by atoms with van der Waals surface area (Å²) >= 11 is 0. The fourth-order valence-corrected chi connectivity index (χ4v) is 1.12. The van der Waals surface area contributed by atoms with Gasteiger partial charge in [0, 0.05) is 6.67 Å².